The number of nitrogens with one attached hydrogen (secondary N) is 1. The van der Waals surface area contributed by atoms with Gasteiger partial charge in [0, 0.05) is 37.1 Å². The molecule has 2 aromatic rings. The minimum atomic E-state index is 0.429. The molecule has 0 spiro atoms. The largest absolute Gasteiger partial charge is 0.324 e. The molecule has 4 nitrogen and oxygen atoms in total. The van der Waals surface area contributed by atoms with Crippen molar-refractivity contribution in [1.82, 2.24) is 19.8 Å². The monoisotopic (exact) mass is 408 g/mol. The highest BCUT2D eigenvalue weighted by atomic mass is 15.2. The van der Waals surface area contributed by atoms with E-state index in [0.717, 1.165) is 13.1 Å². The molecule has 0 amide bonds. The summed E-state index contributed by atoms with van der Waals surface area (Å²) in [4.78, 5) is 8.02. The van der Waals surface area contributed by atoms with Gasteiger partial charge >= 0.3 is 0 Å². The molecule has 3 aliphatic rings. The minimum absolute atomic E-state index is 0.429. The maximum absolute atomic E-state index is 5.17. The Hall–Kier alpha value is -1.39. The number of para-hydroxylation sites is 2. The highest BCUT2D eigenvalue weighted by Gasteiger charge is 2.36. The van der Waals surface area contributed by atoms with Crippen molar-refractivity contribution >= 4 is 11.0 Å². The summed E-state index contributed by atoms with van der Waals surface area (Å²) >= 11 is 0. The Morgan fingerprint density at radius 2 is 1.67 bits per heavy atom. The first kappa shape index (κ1) is 20.5. The molecule has 1 atom stereocenters. The Morgan fingerprint density at radius 1 is 0.933 bits per heavy atom. The number of benzene rings is 1. The maximum atomic E-state index is 5.17. The second-order valence-electron chi connectivity index (χ2n) is 10.4. The lowest BCUT2D eigenvalue weighted by Crippen LogP contribution is -2.50. The van der Waals surface area contributed by atoms with Gasteiger partial charge in [0.15, 0.2) is 0 Å². The van der Waals surface area contributed by atoms with E-state index in [2.05, 4.69) is 46.0 Å². The number of nitrogens with zero attached hydrogens (tertiary/aromatic N) is 3. The van der Waals surface area contributed by atoms with Gasteiger partial charge in [-0.1, -0.05) is 44.2 Å². The Bertz CT molecular complexity index is 819. The van der Waals surface area contributed by atoms with E-state index in [9.17, 15) is 0 Å². The molecule has 0 bridgehead atoms. The van der Waals surface area contributed by atoms with Gasteiger partial charge in [0.05, 0.1) is 11.0 Å². The molecule has 1 N–H and O–H groups in total. The Balaban J connectivity index is 1.36. The first-order valence-electron chi connectivity index (χ1n) is 12.7. The molecule has 0 unspecified atom stereocenters. The number of aromatic nitrogens is 2. The van der Waals surface area contributed by atoms with Crippen molar-refractivity contribution in [2.24, 2.45) is 0 Å². The van der Waals surface area contributed by atoms with Crippen LogP contribution in [0.5, 0.6) is 0 Å². The van der Waals surface area contributed by atoms with E-state index in [1.165, 1.54) is 101 Å². The molecular weight excluding hydrogens is 368 g/mol. The average Bonchev–Trinajstić information content (AvgIpc) is 3.17. The van der Waals surface area contributed by atoms with Crippen LogP contribution in [0, 0.1) is 0 Å². The molecule has 2 aliphatic heterocycles. The van der Waals surface area contributed by atoms with Gasteiger partial charge in [0.1, 0.15) is 5.82 Å². The number of rotatable bonds is 3. The average molecular weight is 409 g/mol. The van der Waals surface area contributed by atoms with Crippen LogP contribution in [0.25, 0.3) is 11.0 Å². The second kappa shape index (κ2) is 9.00. The van der Waals surface area contributed by atoms with Gasteiger partial charge in [-0.15, -0.1) is 0 Å². The molecule has 1 aliphatic carbocycles. The normalized spacial score (nSPS) is 27.0. The zero-order valence-electron chi connectivity index (χ0n) is 18.9. The second-order valence-corrected chi connectivity index (χ2v) is 10.4. The van der Waals surface area contributed by atoms with Gasteiger partial charge in [-0.2, -0.15) is 0 Å². The van der Waals surface area contributed by atoms with Crippen molar-refractivity contribution in [1.29, 1.82) is 0 Å². The molecule has 0 radical (unpaired) electrons. The Morgan fingerprint density at radius 3 is 2.40 bits per heavy atom. The number of likely N-dealkylation sites (tertiary alicyclic amines) is 1. The van der Waals surface area contributed by atoms with Gasteiger partial charge < -0.3 is 9.88 Å². The summed E-state index contributed by atoms with van der Waals surface area (Å²) in [7, 11) is 0. The lowest BCUT2D eigenvalue weighted by molar-refractivity contribution is 0.0435. The smallest absolute Gasteiger partial charge is 0.114 e. The van der Waals surface area contributed by atoms with Crippen LogP contribution in [0.3, 0.4) is 0 Å². The molecule has 1 aromatic carbocycles. The fraction of sp³-hybridized carbons (Fsp3) is 0.731. The predicted molar refractivity (Wildman–Crippen MR) is 125 cm³/mol. The summed E-state index contributed by atoms with van der Waals surface area (Å²) in [6, 6.07) is 9.43. The summed E-state index contributed by atoms with van der Waals surface area (Å²) in [6.45, 7) is 7.30. The van der Waals surface area contributed by atoms with E-state index >= 15 is 0 Å². The number of hydrogen-bond donors (Lipinski definition) is 1. The van der Waals surface area contributed by atoms with E-state index < -0.39 is 0 Å². The van der Waals surface area contributed by atoms with Crippen molar-refractivity contribution in [3.63, 3.8) is 0 Å². The van der Waals surface area contributed by atoms with E-state index in [4.69, 9.17) is 4.98 Å². The third-order valence-electron chi connectivity index (χ3n) is 8.31. The highest BCUT2D eigenvalue weighted by molar-refractivity contribution is 5.76. The molecule has 1 aromatic heterocycles. The van der Waals surface area contributed by atoms with Crippen molar-refractivity contribution in [3.8, 4) is 0 Å². The summed E-state index contributed by atoms with van der Waals surface area (Å²) in [6.07, 6.45) is 15.0. The molecule has 3 heterocycles. The summed E-state index contributed by atoms with van der Waals surface area (Å²) < 4.78 is 2.66. The van der Waals surface area contributed by atoms with Crippen molar-refractivity contribution in [2.45, 2.75) is 95.1 Å². The van der Waals surface area contributed by atoms with Crippen LogP contribution in [0.15, 0.2) is 24.3 Å². The van der Waals surface area contributed by atoms with Gasteiger partial charge in [-0.25, -0.2) is 4.98 Å². The predicted octanol–water partition coefficient (Wildman–Crippen LogP) is 5.64. The van der Waals surface area contributed by atoms with Gasteiger partial charge in [0.2, 0.25) is 0 Å². The highest BCUT2D eigenvalue weighted by Crippen LogP contribution is 2.38. The van der Waals surface area contributed by atoms with Gasteiger partial charge in [0.25, 0.3) is 0 Å². The van der Waals surface area contributed by atoms with Crippen molar-refractivity contribution in [2.75, 3.05) is 26.2 Å². The maximum Gasteiger partial charge on any atom is 0.114 e. The molecule has 30 heavy (non-hydrogen) atoms. The minimum Gasteiger partial charge on any atom is -0.324 e. The lowest BCUT2D eigenvalue weighted by atomic mass is 9.82. The van der Waals surface area contributed by atoms with E-state index in [1.54, 1.807) is 0 Å². The molecule has 1 saturated carbocycles. The van der Waals surface area contributed by atoms with Crippen LogP contribution in [-0.4, -0.2) is 46.2 Å². The molecule has 2 saturated heterocycles. The zero-order chi connectivity index (χ0) is 20.4. The SMILES string of the molecule is CC1(N2CCC(n3c([C@@H]4CCCNC4)nc4ccccc43)CC2)CCCCCCC1. The zero-order valence-corrected chi connectivity index (χ0v) is 18.9. The van der Waals surface area contributed by atoms with Crippen LogP contribution in [0.4, 0.5) is 0 Å². The van der Waals surface area contributed by atoms with Crippen LogP contribution in [-0.2, 0) is 0 Å². The third kappa shape index (κ3) is 4.05. The van der Waals surface area contributed by atoms with Crippen LogP contribution in [0.1, 0.15) is 95.3 Å². The standard InChI is InChI=1S/C26H40N4/c1-26(15-7-3-2-4-8-16-26)29-18-13-22(14-19-29)30-24-12-6-5-11-23(24)28-25(30)21-10-9-17-27-20-21/h5-6,11-12,21-22,27H,2-4,7-10,13-20H2,1H3/t21-/m1/s1. The van der Waals surface area contributed by atoms with Crippen molar-refractivity contribution < 1.29 is 0 Å². The number of imidazole rings is 1. The van der Waals surface area contributed by atoms with E-state index in [-0.39, 0.29) is 0 Å². The molecule has 4 heteroatoms. The third-order valence-corrected chi connectivity index (χ3v) is 8.31. The number of piperidine rings is 2. The molecule has 3 fully saturated rings. The van der Waals surface area contributed by atoms with Crippen LogP contribution < -0.4 is 5.32 Å². The quantitative estimate of drug-likeness (QED) is 0.713. The first-order chi connectivity index (χ1) is 14.7. The van der Waals surface area contributed by atoms with E-state index in [1.807, 2.05) is 0 Å². The summed E-state index contributed by atoms with van der Waals surface area (Å²) in [5, 5.41) is 3.61. The Kier molecular flexibility index (Phi) is 6.15. The first-order valence-corrected chi connectivity index (χ1v) is 12.7. The van der Waals surface area contributed by atoms with Gasteiger partial charge in [-0.3, -0.25) is 4.90 Å². The summed E-state index contributed by atoms with van der Waals surface area (Å²) in [5.74, 6) is 1.91. The fourth-order valence-electron chi connectivity index (χ4n) is 6.45. The Labute approximate surface area is 182 Å². The van der Waals surface area contributed by atoms with Gasteiger partial charge in [-0.05, 0) is 64.1 Å². The van der Waals surface area contributed by atoms with Crippen LogP contribution in [0.2, 0.25) is 0 Å². The summed E-state index contributed by atoms with van der Waals surface area (Å²) in [5.41, 5.74) is 2.97. The molecule has 164 valence electrons. The number of fused-ring (bicyclic) bond motifs is 1. The fourth-order valence-corrected chi connectivity index (χ4v) is 6.45. The lowest BCUT2D eigenvalue weighted by Gasteiger charge is -2.46. The van der Waals surface area contributed by atoms with Crippen molar-refractivity contribution in [3.05, 3.63) is 30.1 Å². The van der Waals surface area contributed by atoms with E-state index in [0.29, 0.717) is 17.5 Å². The topological polar surface area (TPSA) is 33.1 Å². The van der Waals surface area contributed by atoms with Crippen LogP contribution >= 0.6 is 0 Å². The number of hydrogen-bond acceptors (Lipinski definition) is 3. The molecular formula is C26H40N4. The molecule has 5 rings (SSSR count).